The number of sulfone groups is 1. The minimum absolute atomic E-state index is 0.113. The highest BCUT2D eigenvalue weighted by Crippen LogP contribution is 2.23. The molecule has 0 aliphatic carbocycles. The SMILES string of the molecule is CCCS(=O)(=O)CCOC(=O)c1cc(N)c(C)s1. The molecule has 0 radical (unpaired) electrons. The van der Waals surface area contributed by atoms with Crippen molar-refractivity contribution in [2.24, 2.45) is 0 Å². The van der Waals surface area contributed by atoms with Gasteiger partial charge in [0.05, 0.1) is 11.5 Å². The van der Waals surface area contributed by atoms with Crippen molar-refractivity contribution in [2.75, 3.05) is 23.8 Å². The predicted molar refractivity (Wildman–Crippen MR) is 72.7 cm³/mol. The molecule has 0 atom stereocenters. The van der Waals surface area contributed by atoms with Crippen molar-refractivity contribution >= 4 is 32.8 Å². The summed E-state index contributed by atoms with van der Waals surface area (Å²) in [4.78, 5) is 12.8. The molecule has 18 heavy (non-hydrogen) atoms. The Bertz CT molecular complexity index is 500. The van der Waals surface area contributed by atoms with E-state index in [0.29, 0.717) is 17.0 Å². The van der Waals surface area contributed by atoms with E-state index in [-0.39, 0.29) is 18.1 Å². The summed E-state index contributed by atoms with van der Waals surface area (Å²) in [6, 6.07) is 1.54. The van der Waals surface area contributed by atoms with Crippen LogP contribution in [0.4, 0.5) is 5.69 Å². The van der Waals surface area contributed by atoms with Gasteiger partial charge in [-0.3, -0.25) is 0 Å². The number of anilines is 1. The van der Waals surface area contributed by atoms with Crippen LogP contribution in [0, 0.1) is 6.92 Å². The highest BCUT2D eigenvalue weighted by Gasteiger charge is 2.14. The number of hydrogen-bond donors (Lipinski definition) is 1. The zero-order valence-electron chi connectivity index (χ0n) is 10.4. The van der Waals surface area contributed by atoms with Crippen molar-refractivity contribution in [1.82, 2.24) is 0 Å². The third kappa shape index (κ3) is 4.30. The molecule has 0 aliphatic rings. The number of nitrogens with two attached hydrogens (primary N) is 1. The van der Waals surface area contributed by atoms with Crippen molar-refractivity contribution in [3.8, 4) is 0 Å². The lowest BCUT2D eigenvalue weighted by Crippen LogP contribution is -2.17. The Labute approximate surface area is 111 Å². The Morgan fingerprint density at radius 3 is 2.61 bits per heavy atom. The fourth-order valence-electron chi connectivity index (χ4n) is 1.34. The van der Waals surface area contributed by atoms with Crippen LogP contribution in [0.5, 0.6) is 0 Å². The van der Waals surface area contributed by atoms with Gasteiger partial charge in [0, 0.05) is 10.6 Å². The Kier molecular flexibility index (Phi) is 5.15. The fraction of sp³-hybridized carbons (Fsp3) is 0.545. The number of aryl methyl sites for hydroxylation is 1. The number of rotatable bonds is 6. The van der Waals surface area contributed by atoms with Gasteiger partial charge < -0.3 is 10.5 Å². The van der Waals surface area contributed by atoms with Crippen LogP contribution in [0.2, 0.25) is 0 Å². The lowest BCUT2D eigenvalue weighted by molar-refractivity contribution is 0.0535. The number of esters is 1. The molecule has 0 bridgehead atoms. The monoisotopic (exact) mass is 291 g/mol. The summed E-state index contributed by atoms with van der Waals surface area (Å²) in [6.07, 6.45) is 0.566. The second kappa shape index (κ2) is 6.19. The molecule has 102 valence electrons. The lowest BCUT2D eigenvalue weighted by atomic mass is 10.4. The molecule has 1 rings (SSSR count). The molecular weight excluding hydrogens is 274 g/mol. The van der Waals surface area contributed by atoms with Gasteiger partial charge in [-0.1, -0.05) is 6.92 Å². The normalized spacial score (nSPS) is 11.4. The summed E-state index contributed by atoms with van der Waals surface area (Å²) in [7, 11) is -3.11. The Balaban J connectivity index is 2.47. The van der Waals surface area contributed by atoms with Gasteiger partial charge in [0.2, 0.25) is 0 Å². The molecule has 0 fully saturated rings. The van der Waals surface area contributed by atoms with E-state index in [1.165, 1.54) is 11.3 Å². The maximum absolute atomic E-state index is 11.6. The van der Waals surface area contributed by atoms with Crippen LogP contribution < -0.4 is 5.73 Å². The van der Waals surface area contributed by atoms with Crippen LogP contribution in [-0.2, 0) is 14.6 Å². The lowest BCUT2D eigenvalue weighted by Gasteiger charge is -2.04. The first-order chi connectivity index (χ1) is 8.35. The molecule has 1 aromatic heterocycles. The molecule has 0 unspecified atom stereocenters. The van der Waals surface area contributed by atoms with Gasteiger partial charge in [0.15, 0.2) is 9.84 Å². The number of thiophene rings is 1. The first-order valence-electron chi connectivity index (χ1n) is 5.59. The van der Waals surface area contributed by atoms with E-state index in [1.807, 2.05) is 6.92 Å². The molecule has 7 heteroatoms. The predicted octanol–water partition coefficient (Wildman–Crippen LogP) is 1.62. The molecule has 1 heterocycles. The zero-order valence-corrected chi connectivity index (χ0v) is 12.1. The van der Waals surface area contributed by atoms with E-state index in [9.17, 15) is 13.2 Å². The van der Waals surface area contributed by atoms with Crippen molar-refractivity contribution in [1.29, 1.82) is 0 Å². The fourth-order valence-corrected chi connectivity index (χ4v) is 3.34. The number of carbonyl (C=O) groups excluding carboxylic acids is 1. The number of nitrogen functional groups attached to an aromatic ring is 1. The number of carbonyl (C=O) groups is 1. The van der Waals surface area contributed by atoms with Crippen molar-refractivity contribution in [3.63, 3.8) is 0 Å². The van der Waals surface area contributed by atoms with Gasteiger partial charge in [-0.25, -0.2) is 13.2 Å². The van der Waals surface area contributed by atoms with Crippen molar-refractivity contribution in [3.05, 3.63) is 15.8 Å². The second-order valence-electron chi connectivity index (χ2n) is 3.91. The smallest absolute Gasteiger partial charge is 0.348 e. The van der Waals surface area contributed by atoms with Crippen LogP contribution in [0.25, 0.3) is 0 Å². The molecule has 0 spiro atoms. The van der Waals surface area contributed by atoms with E-state index in [4.69, 9.17) is 10.5 Å². The van der Waals surface area contributed by atoms with Gasteiger partial charge >= 0.3 is 5.97 Å². The van der Waals surface area contributed by atoms with Gasteiger partial charge in [-0.05, 0) is 19.4 Å². The quantitative estimate of drug-likeness (QED) is 0.805. The molecule has 0 saturated heterocycles. The summed E-state index contributed by atoms with van der Waals surface area (Å²) >= 11 is 1.24. The zero-order chi connectivity index (χ0) is 13.8. The topological polar surface area (TPSA) is 86.5 Å². The Morgan fingerprint density at radius 1 is 1.44 bits per heavy atom. The minimum Gasteiger partial charge on any atom is -0.460 e. The molecule has 0 aliphatic heterocycles. The summed E-state index contributed by atoms with van der Waals surface area (Å²) in [5, 5.41) is 0. The van der Waals surface area contributed by atoms with E-state index in [2.05, 4.69) is 0 Å². The van der Waals surface area contributed by atoms with Gasteiger partial charge in [-0.2, -0.15) is 0 Å². The highest BCUT2D eigenvalue weighted by atomic mass is 32.2. The number of hydrogen-bond acceptors (Lipinski definition) is 6. The average Bonchev–Trinajstić information content (AvgIpc) is 2.59. The van der Waals surface area contributed by atoms with Gasteiger partial charge in [-0.15, -0.1) is 11.3 Å². The van der Waals surface area contributed by atoms with Crippen LogP contribution in [0.3, 0.4) is 0 Å². The summed E-state index contributed by atoms with van der Waals surface area (Å²) in [5.41, 5.74) is 6.17. The van der Waals surface area contributed by atoms with Crippen LogP contribution >= 0.6 is 11.3 Å². The van der Waals surface area contributed by atoms with Gasteiger partial charge in [0.1, 0.15) is 11.5 Å². The van der Waals surface area contributed by atoms with Crippen molar-refractivity contribution in [2.45, 2.75) is 20.3 Å². The van der Waals surface area contributed by atoms with E-state index < -0.39 is 15.8 Å². The third-order valence-electron chi connectivity index (χ3n) is 2.30. The van der Waals surface area contributed by atoms with Crippen LogP contribution in [0.1, 0.15) is 27.9 Å². The summed E-state index contributed by atoms with van der Waals surface area (Å²) < 4.78 is 27.7. The van der Waals surface area contributed by atoms with Gasteiger partial charge in [0.25, 0.3) is 0 Å². The largest absolute Gasteiger partial charge is 0.460 e. The Morgan fingerprint density at radius 2 is 2.11 bits per heavy atom. The summed E-state index contributed by atoms with van der Waals surface area (Å²) in [5.74, 6) is -0.534. The van der Waals surface area contributed by atoms with E-state index in [0.717, 1.165) is 4.88 Å². The minimum atomic E-state index is -3.11. The first-order valence-corrected chi connectivity index (χ1v) is 8.23. The molecular formula is C11H17NO4S2. The summed E-state index contributed by atoms with van der Waals surface area (Å²) in [6.45, 7) is 3.49. The second-order valence-corrected chi connectivity index (χ2v) is 7.47. The van der Waals surface area contributed by atoms with E-state index >= 15 is 0 Å². The third-order valence-corrected chi connectivity index (χ3v) is 5.17. The highest BCUT2D eigenvalue weighted by molar-refractivity contribution is 7.91. The maximum Gasteiger partial charge on any atom is 0.348 e. The van der Waals surface area contributed by atoms with Crippen LogP contribution in [0.15, 0.2) is 6.07 Å². The average molecular weight is 291 g/mol. The molecule has 0 aromatic carbocycles. The molecule has 0 saturated carbocycles. The molecule has 2 N–H and O–H groups in total. The molecule has 1 aromatic rings. The maximum atomic E-state index is 11.6. The Hall–Kier alpha value is -1.08. The standard InChI is InChI=1S/C11H17NO4S2/c1-3-5-18(14,15)6-4-16-11(13)10-7-9(12)8(2)17-10/h7H,3-6,12H2,1-2H3. The molecule has 5 nitrogen and oxygen atoms in total. The van der Waals surface area contributed by atoms with E-state index in [1.54, 1.807) is 13.0 Å². The van der Waals surface area contributed by atoms with Crippen LogP contribution in [-0.4, -0.2) is 32.5 Å². The number of ether oxygens (including phenoxy) is 1. The van der Waals surface area contributed by atoms with Crippen molar-refractivity contribution < 1.29 is 17.9 Å². The molecule has 0 amide bonds. The first kappa shape index (κ1) is 15.0.